The van der Waals surface area contributed by atoms with Crippen LogP contribution in [0.3, 0.4) is 0 Å². The zero-order valence-corrected chi connectivity index (χ0v) is 23.3. The third-order valence-corrected chi connectivity index (χ3v) is 6.85. The van der Waals surface area contributed by atoms with Gasteiger partial charge in [-0.15, -0.1) is 0 Å². The van der Waals surface area contributed by atoms with Crippen molar-refractivity contribution in [3.05, 3.63) is 59.9 Å². The van der Waals surface area contributed by atoms with Crippen molar-refractivity contribution in [2.24, 2.45) is 10.8 Å². The molecule has 0 aliphatic carbocycles. The third kappa shape index (κ3) is 6.24. The van der Waals surface area contributed by atoms with E-state index in [1.807, 2.05) is 47.1 Å². The molecule has 2 aromatic heterocycles. The first-order chi connectivity index (χ1) is 18.2. The van der Waals surface area contributed by atoms with Crippen molar-refractivity contribution in [2.45, 2.75) is 33.9 Å². The Kier molecular flexibility index (Phi) is 9.82. The van der Waals surface area contributed by atoms with E-state index < -0.39 is 5.97 Å². The summed E-state index contributed by atoms with van der Waals surface area (Å²) >= 11 is 0. The molecule has 2 aliphatic heterocycles. The number of hydrogen-bond donors (Lipinski definition) is 1. The number of hydrogen-bond acceptors (Lipinski definition) is 8. The molecule has 2 saturated heterocycles. The van der Waals surface area contributed by atoms with Gasteiger partial charge in [0.1, 0.15) is 0 Å². The number of para-hydroxylation sites is 2. The van der Waals surface area contributed by atoms with Crippen LogP contribution in [0.25, 0.3) is 21.8 Å². The predicted octanol–water partition coefficient (Wildman–Crippen LogP) is 0.848. The van der Waals surface area contributed by atoms with Gasteiger partial charge in [-0.05, 0) is 19.1 Å². The van der Waals surface area contributed by atoms with E-state index in [1.165, 1.54) is 0 Å². The van der Waals surface area contributed by atoms with Gasteiger partial charge >= 0.3 is 30.8 Å². The largest absolute Gasteiger partial charge is 1.00 e. The minimum Gasteiger partial charge on any atom is -0.870 e. The number of carboxylic acids is 1. The van der Waals surface area contributed by atoms with Gasteiger partial charge in [0.05, 0.1) is 57.2 Å². The summed E-state index contributed by atoms with van der Waals surface area (Å²) < 4.78 is 19.3. The van der Waals surface area contributed by atoms with Gasteiger partial charge in [-0.2, -0.15) is 10.2 Å². The molecule has 40 heavy (non-hydrogen) atoms. The van der Waals surface area contributed by atoms with Crippen LogP contribution in [0.4, 0.5) is 0 Å². The second-order valence-electron chi connectivity index (χ2n) is 10.7. The molecule has 4 aromatic rings. The number of rotatable bonds is 7. The van der Waals surface area contributed by atoms with E-state index in [-0.39, 0.29) is 46.8 Å². The molecule has 0 spiro atoms. The van der Waals surface area contributed by atoms with E-state index >= 15 is 0 Å². The molecule has 0 bridgehead atoms. The van der Waals surface area contributed by atoms with Crippen molar-refractivity contribution in [1.82, 2.24) is 19.6 Å². The van der Waals surface area contributed by atoms with Crippen LogP contribution in [0.2, 0.25) is 0 Å². The summed E-state index contributed by atoms with van der Waals surface area (Å²) in [7, 11) is 0. The number of benzene rings is 2. The van der Waals surface area contributed by atoms with Gasteiger partial charge in [0, 0.05) is 21.6 Å². The van der Waals surface area contributed by atoms with E-state index in [2.05, 4.69) is 24.0 Å². The number of aromatic carboxylic acids is 1. The molecule has 2 N–H and O–H groups in total. The van der Waals surface area contributed by atoms with Gasteiger partial charge in [-0.1, -0.05) is 50.2 Å². The van der Waals surface area contributed by atoms with Gasteiger partial charge in [0.25, 0.3) is 0 Å². The number of carboxylic acid groups (broad SMARTS) is 1. The van der Waals surface area contributed by atoms with Gasteiger partial charge in [-0.25, -0.2) is 9.59 Å². The fourth-order valence-electron chi connectivity index (χ4n) is 4.81. The molecule has 4 heterocycles. The molecule has 6 rings (SSSR count). The number of esters is 1. The molecule has 11 nitrogen and oxygen atoms in total. The minimum absolute atomic E-state index is 0. The van der Waals surface area contributed by atoms with Gasteiger partial charge in [0.2, 0.25) is 0 Å². The number of carbonyl (C=O) groups is 2. The fraction of sp³-hybridized carbons (Fsp3) is 0.429. The molecular formula is C28H33LiN4O7. The summed E-state index contributed by atoms with van der Waals surface area (Å²) in [5.74, 6) is -1.35. The average Bonchev–Trinajstić information content (AvgIpc) is 3.42. The van der Waals surface area contributed by atoms with Crippen LogP contribution in [0.15, 0.2) is 48.5 Å². The molecule has 0 atom stereocenters. The topological polar surface area (TPSA) is 148 Å². The van der Waals surface area contributed by atoms with Gasteiger partial charge in [0.15, 0.2) is 11.4 Å². The zero-order valence-electron chi connectivity index (χ0n) is 23.3. The minimum atomic E-state index is -0.986. The van der Waals surface area contributed by atoms with Crippen molar-refractivity contribution >= 4 is 33.7 Å². The van der Waals surface area contributed by atoms with Crippen molar-refractivity contribution < 1.29 is 53.2 Å². The predicted molar refractivity (Wildman–Crippen MR) is 142 cm³/mol. The number of nitrogens with zero attached hydrogens (tertiary/aromatic N) is 4. The summed E-state index contributed by atoms with van der Waals surface area (Å²) in [6.45, 7) is 10.7. The maximum absolute atomic E-state index is 12.0. The van der Waals surface area contributed by atoms with E-state index in [1.54, 1.807) is 17.7 Å². The maximum atomic E-state index is 12.0. The molecule has 2 fully saturated rings. The quantitative estimate of drug-likeness (QED) is 0.264. The Morgan fingerprint density at radius 2 is 1.27 bits per heavy atom. The van der Waals surface area contributed by atoms with Gasteiger partial charge < -0.3 is 24.8 Å². The molecule has 2 aromatic carbocycles. The number of ether oxygens (including phenoxy) is 3. The van der Waals surface area contributed by atoms with Crippen LogP contribution in [0, 0.1) is 10.8 Å². The summed E-state index contributed by atoms with van der Waals surface area (Å²) in [6.07, 6.45) is 0. The second-order valence-corrected chi connectivity index (χ2v) is 10.7. The number of aromatic nitrogens is 4. The fourth-order valence-corrected chi connectivity index (χ4v) is 4.81. The molecule has 0 unspecified atom stereocenters. The van der Waals surface area contributed by atoms with Crippen molar-refractivity contribution in [2.75, 3.05) is 33.0 Å². The molecular weight excluding hydrogens is 511 g/mol. The normalized spacial score (nSPS) is 16.4. The Morgan fingerprint density at radius 1 is 0.850 bits per heavy atom. The Hall–Kier alpha value is -3.20. The average molecular weight is 545 g/mol. The first-order valence-electron chi connectivity index (χ1n) is 12.7. The van der Waals surface area contributed by atoms with Crippen LogP contribution in [0.1, 0.15) is 41.7 Å². The summed E-state index contributed by atoms with van der Waals surface area (Å²) in [5, 5.41) is 19.4. The van der Waals surface area contributed by atoms with Crippen molar-refractivity contribution in [3.8, 4) is 0 Å². The SMILES string of the molecule is CC1(Cn2nc(C(=O)O)c3ccccc32)COC1.CCOC(=O)c1nn(CC2(C)COC2)c2ccccc12.[Li+].[OH-]. The Balaban J connectivity index is 0.000000211. The van der Waals surface area contributed by atoms with Crippen LogP contribution >= 0.6 is 0 Å². The van der Waals surface area contributed by atoms with Gasteiger partial charge in [-0.3, -0.25) is 9.36 Å². The Bertz CT molecular complexity index is 1490. The first kappa shape index (κ1) is 31.3. The summed E-state index contributed by atoms with van der Waals surface area (Å²) in [5.41, 5.74) is 2.50. The number of carbonyl (C=O) groups excluding carboxylic acids is 1. The van der Waals surface area contributed by atoms with E-state index in [9.17, 15) is 9.59 Å². The monoisotopic (exact) mass is 544 g/mol. The molecule has 208 valence electrons. The molecule has 0 amide bonds. The Morgan fingerprint density at radius 3 is 1.68 bits per heavy atom. The van der Waals surface area contributed by atoms with Crippen LogP contribution in [-0.4, -0.2) is 75.1 Å². The van der Waals surface area contributed by atoms with Crippen molar-refractivity contribution in [1.29, 1.82) is 0 Å². The second kappa shape index (κ2) is 12.5. The van der Waals surface area contributed by atoms with E-state index in [0.717, 1.165) is 36.2 Å². The van der Waals surface area contributed by atoms with Crippen molar-refractivity contribution in [3.63, 3.8) is 0 Å². The molecule has 0 radical (unpaired) electrons. The van der Waals surface area contributed by atoms with E-state index in [0.29, 0.717) is 37.4 Å². The molecule has 0 saturated carbocycles. The van der Waals surface area contributed by atoms with Crippen LogP contribution < -0.4 is 18.9 Å². The van der Waals surface area contributed by atoms with Crippen LogP contribution in [0.5, 0.6) is 0 Å². The van der Waals surface area contributed by atoms with E-state index in [4.69, 9.17) is 19.3 Å². The van der Waals surface area contributed by atoms with Crippen LogP contribution in [-0.2, 0) is 27.3 Å². The number of fused-ring (bicyclic) bond motifs is 2. The smallest absolute Gasteiger partial charge is 0.870 e. The summed E-state index contributed by atoms with van der Waals surface area (Å²) in [6, 6.07) is 15.2. The maximum Gasteiger partial charge on any atom is 1.00 e. The Labute approximate surface area is 243 Å². The zero-order chi connectivity index (χ0) is 26.9. The first-order valence-corrected chi connectivity index (χ1v) is 12.7. The standard InChI is InChI=1S/C15H18N2O3.C13H14N2O3.Li.H2O/c1-3-20-14(18)13-11-6-4-5-7-12(11)17(16-13)8-15(2)9-19-10-15;1-13(7-18-8-13)6-15-10-5-3-2-4-9(10)11(14-15)12(16)17;;/h4-7H,3,8-10H2,1-2H3;2-5H,6-8H2,1H3,(H,16,17);;1H2/q;;+1;/p-1. The molecule has 2 aliphatic rings. The summed E-state index contributed by atoms with van der Waals surface area (Å²) in [4.78, 5) is 23.2. The molecule has 12 heteroatoms. The third-order valence-electron chi connectivity index (χ3n) is 6.85.